The van der Waals surface area contributed by atoms with Crippen LogP contribution < -0.4 is 5.69 Å². The number of hydrogen-bond acceptors (Lipinski definition) is 6. The summed E-state index contributed by atoms with van der Waals surface area (Å²) in [6, 6.07) is 6.67. The first-order valence-electron chi connectivity index (χ1n) is 7.03. The van der Waals surface area contributed by atoms with E-state index in [1.165, 1.54) is 13.3 Å². The van der Waals surface area contributed by atoms with Crippen LogP contribution >= 0.6 is 0 Å². The van der Waals surface area contributed by atoms with Gasteiger partial charge in [0.2, 0.25) is 5.88 Å². The molecule has 0 radical (unpaired) electrons. The van der Waals surface area contributed by atoms with Crippen LogP contribution in [0.2, 0.25) is 0 Å². The monoisotopic (exact) mass is 331 g/mol. The molecule has 1 aromatic heterocycles. The fourth-order valence-electron chi connectivity index (χ4n) is 1.95. The fraction of sp³-hybridized carbons (Fsp3) is 0.188. The van der Waals surface area contributed by atoms with E-state index in [1.54, 1.807) is 30.3 Å². The van der Waals surface area contributed by atoms with Crippen LogP contribution in [-0.4, -0.2) is 40.6 Å². The average molecular weight is 331 g/mol. The molecule has 0 aliphatic heterocycles. The SMILES string of the molecule is C=CCON=Cc1ccc(-n2c(O)c(CC(=O)OC)[nH]c2=O)cc1. The van der Waals surface area contributed by atoms with E-state index in [-0.39, 0.29) is 18.0 Å². The zero-order valence-corrected chi connectivity index (χ0v) is 13.1. The lowest BCUT2D eigenvalue weighted by atomic mass is 10.2. The summed E-state index contributed by atoms with van der Waals surface area (Å²) in [5.74, 6) is -0.897. The minimum atomic E-state index is -0.565. The molecule has 0 fully saturated rings. The zero-order valence-electron chi connectivity index (χ0n) is 13.1. The maximum absolute atomic E-state index is 12.0. The van der Waals surface area contributed by atoms with Gasteiger partial charge in [-0.3, -0.25) is 4.79 Å². The van der Waals surface area contributed by atoms with Crippen LogP contribution in [0, 0.1) is 0 Å². The Morgan fingerprint density at radius 1 is 1.42 bits per heavy atom. The summed E-state index contributed by atoms with van der Waals surface area (Å²) in [5, 5.41) is 13.9. The molecule has 1 heterocycles. The number of oxime groups is 1. The van der Waals surface area contributed by atoms with Gasteiger partial charge in [0.1, 0.15) is 6.61 Å². The first-order chi connectivity index (χ1) is 11.6. The lowest BCUT2D eigenvalue weighted by Crippen LogP contribution is -2.14. The Morgan fingerprint density at radius 2 is 2.12 bits per heavy atom. The number of aromatic amines is 1. The van der Waals surface area contributed by atoms with Gasteiger partial charge >= 0.3 is 11.7 Å². The third kappa shape index (κ3) is 3.92. The summed E-state index contributed by atoms with van der Waals surface area (Å²) in [6.07, 6.45) is 2.86. The van der Waals surface area contributed by atoms with Gasteiger partial charge in [0, 0.05) is 0 Å². The van der Waals surface area contributed by atoms with Gasteiger partial charge in [-0.25, -0.2) is 9.36 Å². The molecule has 24 heavy (non-hydrogen) atoms. The third-order valence-corrected chi connectivity index (χ3v) is 3.11. The molecule has 2 N–H and O–H groups in total. The van der Waals surface area contributed by atoms with Crippen molar-refractivity contribution >= 4 is 12.2 Å². The number of aromatic nitrogens is 2. The fourth-order valence-corrected chi connectivity index (χ4v) is 1.95. The van der Waals surface area contributed by atoms with Crippen LogP contribution in [-0.2, 0) is 20.8 Å². The van der Waals surface area contributed by atoms with Crippen molar-refractivity contribution in [3.05, 3.63) is 58.7 Å². The largest absolute Gasteiger partial charge is 0.493 e. The molecule has 2 aromatic rings. The second-order valence-electron chi connectivity index (χ2n) is 4.73. The number of methoxy groups -OCH3 is 1. The van der Waals surface area contributed by atoms with Crippen molar-refractivity contribution in [2.45, 2.75) is 6.42 Å². The van der Waals surface area contributed by atoms with Gasteiger partial charge in [0.25, 0.3) is 0 Å². The number of rotatable bonds is 7. The van der Waals surface area contributed by atoms with Gasteiger partial charge < -0.3 is 19.7 Å². The summed E-state index contributed by atoms with van der Waals surface area (Å²) in [7, 11) is 1.23. The minimum absolute atomic E-state index is 0.0929. The molecule has 8 nitrogen and oxygen atoms in total. The van der Waals surface area contributed by atoms with Crippen molar-refractivity contribution in [2.75, 3.05) is 13.7 Å². The lowest BCUT2D eigenvalue weighted by Gasteiger charge is -2.04. The molecule has 0 saturated carbocycles. The van der Waals surface area contributed by atoms with Crippen LogP contribution in [0.15, 0.2) is 46.9 Å². The highest BCUT2D eigenvalue weighted by Gasteiger charge is 2.17. The van der Waals surface area contributed by atoms with Gasteiger partial charge in [0.15, 0.2) is 0 Å². The average Bonchev–Trinajstić information content (AvgIpc) is 2.86. The zero-order chi connectivity index (χ0) is 17.5. The molecule has 0 bridgehead atoms. The topological polar surface area (TPSA) is 106 Å². The Labute approximate surface area is 137 Å². The molecular formula is C16H17N3O5. The summed E-state index contributed by atoms with van der Waals surface area (Å²) >= 11 is 0. The third-order valence-electron chi connectivity index (χ3n) is 3.11. The number of nitrogens with zero attached hydrogens (tertiary/aromatic N) is 2. The van der Waals surface area contributed by atoms with Gasteiger partial charge in [0.05, 0.1) is 31.1 Å². The van der Waals surface area contributed by atoms with Gasteiger partial charge in [-0.1, -0.05) is 29.9 Å². The number of esters is 1. The predicted octanol–water partition coefficient (Wildman–Crippen LogP) is 1.12. The van der Waals surface area contributed by atoms with E-state index in [9.17, 15) is 14.7 Å². The van der Waals surface area contributed by atoms with Gasteiger partial charge in [-0.05, 0) is 17.7 Å². The van der Waals surface area contributed by atoms with Crippen molar-refractivity contribution in [3.63, 3.8) is 0 Å². The van der Waals surface area contributed by atoms with Crippen LogP contribution in [0.4, 0.5) is 0 Å². The molecule has 0 spiro atoms. The van der Waals surface area contributed by atoms with E-state index < -0.39 is 11.7 Å². The first-order valence-corrected chi connectivity index (χ1v) is 7.03. The summed E-state index contributed by atoms with van der Waals surface area (Å²) < 4.78 is 5.58. The van der Waals surface area contributed by atoms with E-state index in [0.29, 0.717) is 12.3 Å². The number of nitrogens with one attached hydrogen (secondary N) is 1. The molecule has 126 valence electrons. The lowest BCUT2D eigenvalue weighted by molar-refractivity contribution is -0.139. The molecular weight excluding hydrogens is 314 g/mol. The van der Waals surface area contributed by atoms with Crippen molar-refractivity contribution < 1.29 is 19.5 Å². The summed E-state index contributed by atoms with van der Waals surface area (Å²) in [4.78, 5) is 30.6. The maximum Gasteiger partial charge on any atom is 0.333 e. The number of H-pyrrole nitrogens is 1. The molecule has 0 aliphatic carbocycles. The molecule has 2 rings (SSSR count). The van der Waals surface area contributed by atoms with Crippen LogP contribution in [0.3, 0.4) is 0 Å². The second kappa shape index (κ2) is 7.82. The standard InChI is InChI=1S/C16H17N3O5/c1-3-8-24-17-10-11-4-6-12(7-5-11)19-15(21)13(18-16(19)22)9-14(20)23-2/h3-7,10,21H,1,8-9H2,2H3,(H,18,22). The minimum Gasteiger partial charge on any atom is -0.493 e. The highest BCUT2D eigenvalue weighted by molar-refractivity contribution is 5.79. The molecule has 0 amide bonds. The molecule has 0 aliphatic rings. The summed E-state index contributed by atoms with van der Waals surface area (Å²) in [6.45, 7) is 3.82. The van der Waals surface area contributed by atoms with E-state index in [0.717, 1.165) is 10.1 Å². The van der Waals surface area contributed by atoms with Crippen LogP contribution in [0.5, 0.6) is 5.88 Å². The van der Waals surface area contributed by atoms with Crippen molar-refractivity contribution in [2.24, 2.45) is 5.16 Å². The number of benzene rings is 1. The van der Waals surface area contributed by atoms with Crippen LogP contribution in [0.25, 0.3) is 5.69 Å². The Morgan fingerprint density at radius 3 is 2.75 bits per heavy atom. The Balaban J connectivity index is 2.23. The predicted molar refractivity (Wildman–Crippen MR) is 87.5 cm³/mol. The van der Waals surface area contributed by atoms with E-state index in [1.807, 2.05) is 0 Å². The first kappa shape index (κ1) is 17.1. The van der Waals surface area contributed by atoms with Crippen LogP contribution in [0.1, 0.15) is 11.3 Å². The Kier molecular flexibility index (Phi) is 5.56. The Bertz CT molecular complexity index is 802. The normalized spacial score (nSPS) is 10.7. The van der Waals surface area contributed by atoms with E-state index in [2.05, 4.69) is 21.5 Å². The number of hydrogen-bond donors (Lipinski definition) is 2. The van der Waals surface area contributed by atoms with Gasteiger partial charge in [-0.15, -0.1) is 0 Å². The molecule has 8 heteroatoms. The number of ether oxygens (including phenoxy) is 1. The molecule has 0 unspecified atom stereocenters. The smallest absolute Gasteiger partial charge is 0.333 e. The maximum atomic E-state index is 12.0. The van der Waals surface area contributed by atoms with Crippen molar-refractivity contribution in [3.8, 4) is 11.6 Å². The highest BCUT2D eigenvalue weighted by atomic mass is 16.6. The van der Waals surface area contributed by atoms with Gasteiger partial charge in [-0.2, -0.15) is 0 Å². The second-order valence-corrected chi connectivity index (χ2v) is 4.73. The number of aromatic hydroxyl groups is 1. The Hall–Kier alpha value is -3.29. The van der Waals surface area contributed by atoms with E-state index in [4.69, 9.17) is 4.84 Å². The van der Waals surface area contributed by atoms with E-state index >= 15 is 0 Å². The summed E-state index contributed by atoms with van der Waals surface area (Å²) in [5.41, 5.74) is 0.729. The van der Waals surface area contributed by atoms with Crippen molar-refractivity contribution in [1.29, 1.82) is 0 Å². The molecule has 0 atom stereocenters. The molecule has 0 saturated heterocycles. The number of carbonyl (C=O) groups is 1. The number of carbonyl (C=O) groups excluding carboxylic acids is 1. The highest BCUT2D eigenvalue weighted by Crippen LogP contribution is 2.19. The quantitative estimate of drug-likeness (QED) is 0.260. The number of imidazole rings is 1. The van der Waals surface area contributed by atoms with Crippen molar-refractivity contribution in [1.82, 2.24) is 9.55 Å². The molecule has 1 aromatic carbocycles.